The summed E-state index contributed by atoms with van der Waals surface area (Å²) < 4.78 is 25.6. The molecule has 0 aliphatic rings. The molecule has 0 unspecified atom stereocenters. The molecular weight excluding hydrogens is 416 g/mol. The second-order valence-corrected chi connectivity index (χ2v) is 9.95. The van der Waals surface area contributed by atoms with E-state index in [0.29, 0.717) is 17.3 Å². The average Bonchev–Trinajstić information content (AvgIpc) is 2.60. The van der Waals surface area contributed by atoms with Crippen LogP contribution in [0.2, 0.25) is 5.02 Å². The minimum absolute atomic E-state index is 0.346. The molecule has 0 fully saturated rings. The summed E-state index contributed by atoms with van der Waals surface area (Å²) in [7, 11) is -3.65. The number of thioether (sulfide) groups is 1. The van der Waals surface area contributed by atoms with Gasteiger partial charge in [0.15, 0.2) is 0 Å². The van der Waals surface area contributed by atoms with Gasteiger partial charge in [-0.05, 0) is 37.6 Å². The molecule has 28 heavy (non-hydrogen) atoms. The monoisotopic (exact) mass is 440 g/mol. The maximum Gasteiger partial charge on any atom is 0.243 e. The number of hydrogen-bond acceptors (Lipinski definition) is 4. The van der Waals surface area contributed by atoms with Crippen LogP contribution in [0.3, 0.4) is 0 Å². The van der Waals surface area contributed by atoms with Gasteiger partial charge in [0.1, 0.15) is 6.04 Å². The molecule has 2 aromatic rings. The van der Waals surface area contributed by atoms with Gasteiger partial charge in [0.2, 0.25) is 15.9 Å². The van der Waals surface area contributed by atoms with Crippen molar-refractivity contribution in [3.63, 3.8) is 0 Å². The number of benzene rings is 2. The van der Waals surface area contributed by atoms with Crippen LogP contribution in [0.1, 0.15) is 18.1 Å². The molecule has 1 amide bonds. The standard InChI is InChI=1S/C20H25ClN2O3S2/c1-15-6-4-7-17(12-15)14-27-11-10-22-20(24)16(2)23(28(3,25)26)19-9-5-8-18(21)13-19/h4-9,12-13,16H,10-11,14H2,1-3H3,(H,22,24)/t16-/m1/s1. The summed E-state index contributed by atoms with van der Waals surface area (Å²) in [5.74, 6) is 1.26. The number of nitrogens with zero attached hydrogens (tertiary/aromatic N) is 1. The Morgan fingerprint density at radius 1 is 1.21 bits per heavy atom. The second-order valence-electron chi connectivity index (χ2n) is 6.55. The minimum Gasteiger partial charge on any atom is -0.353 e. The third kappa shape index (κ3) is 6.72. The van der Waals surface area contributed by atoms with Gasteiger partial charge >= 0.3 is 0 Å². The van der Waals surface area contributed by atoms with Crippen LogP contribution in [0.5, 0.6) is 0 Å². The van der Waals surface area contributed by atoms with Gasteiger partial charge in [0, 0.05) is 23.1 Å². The fourth-order valence-electron chi connectivity index (χ4n) is 2.81. The van der Waals surface area contributed by atoms with Gasteiger partial charge in [-0.2, -0.15) is 11.8 Å². The number of carbonyl (C=O) groups excluding carboxylic acids is 1. The van der Waals surface area contributed by atoms with E-state index in [-0.39, 0.29) is 5.91 Å². The van der Waals surface area contributed by atoms with Crippen molar-refractivity contribution in [3.05, 3.63) is 64.7 Å². The van der Waals surface area contributed by atoms with Gasteiger partial charge in [-0.25, -0.2) is 8.42 Å². The summed E-state index contributed by atoms with van der Waals surface area (Å²) in [6.45, 7) is 4.09. The molecule has 5 nitrogen and oxygen atoms in total. The van der Waals surface area contributed by atoms with Gasteiger partial charge in [0.05, 0.1) is 11.9 Å². The highest BCUT2D eigenvalue weighted by molar-refractivity contribution is 7.98. The second kappa shape index (κ2) is 10.2. The number of halogens is 1. The molecule has 0 saturated heterocycles. The number of hydrogen-bond donors (Lipinski definition) is 1. The Kier molecular flexibility index (Phi) is 8.22. The highest BCUT2D eigenvalue weighted by Gasteiger charge is 2.28. The molecule has 1 N–H and O–H groups in total. The SMILES string of the molecule is Cc1cccc(CSCCNC(=O)[C@@H](C)N(c2cccc(Cl)c2)S(C)(=O)=O)c1. The fourth-order valence-corrected chi connectivity index (χ4v) is 4.97. The number of rotatable bonds is 9. The first-order chi connectivity index (χ1) is 13.2. The lowest BCUT2D eigenvalue weighted by Crippen LogP contribution is -2.48. The normalized spacial score (nSPS) is 12.4. The molecular formula is C20H25ClN2O3S2. The van der Waals surface area contributed by atoms with Crippen LogP contribution < -0.4 is 9.62 Å². The van der Waals surface area contributed by atoms with Gasteiger partial charge in [-0.15, -0.1) is 0 Å². The number of anilines is 1. The molecule has 0 spiro atoms. The van der Waals surface area contributed by atoms with Crippen molar-refractivity contribution in [1.29, 1.82) is 0 Å². The lowest BCUT2D eigenvalue weighted by molar-refractivity contribution is -0.121. The number of carbonyl (C=O) groups is 1. The van der Waals surface area contributed by atoms with Crippen LogP contribution in [0.4, 0.5) is 5.69 Å². The average molecular weight is 441 g/mol. The molecule has 1 atom stereocenters. The van der Waals surface area contributed by atoms with E-state index in [1.54, 1.807) is 36.9 Å². The zero-order valence-electron chi connectivity index (χ0n) is 16.2. The van der Waals surface area contributed by atoms with Crippen molar-refractivity contribution in [2.24, 2.45) is 0 Å². The Balaban J connectivity index is 1.90. The zero-order chi connectivity index (χ0) is 20.7. The molecule has 8 heteroatoms. The van der Waals surface area contributed by atoms with E-state index in [1.165, 1.54) is 17.2 Å². The van der Waals surface area contributed by atoms with E-state index in [1.807, 2.05) is 6.07 Å². The van der Waals surface area contributed by atoms with Gasteiger partial charge in [-0.1, -0.05) is 47.5 Å². The van der Waals surface area contributed by atoms with Gasteiger partial charge in [-0.3, -0.25) is 9.10 Å². The zero-order valence-corrected chi connectivity index (χ0v) is 18.6. The summed E-state index contributed by atoms with van der Waals surface area (Å²) in [6, 6.07) is 13.9. The van der Waals surface area contributed by atoms with Crippen LogP contribution >= 0.6 is 23.4 Å². The predicted octanol–water partition coefficient (Wildman–Crippen LogP) is 3.85. The van der Waals surface area contributed by atoms with E-state index >= 15 is 0 Å². The van der Waals surface area contributed by atoms with E-state index in [2.05, 4.69) is 30.4 Å². The molecule has 2 rings (SSSR count). The van der Waals surface area contributed by atoms with Crippen molar-refractivity contribution in [2.75, 3.05) is 22.9 Å². The van der Waals surface area contributed by atoms with Crippen molar-refractivity contribution in [1.82, 2.24) is 5.32 Å². The molecule has 2 aromatic carbocycles. The van der Waals surface area contributed by atoms with Crippen molar-refractivity contribution < 1.29 is 13.2 Å². The smallest absolute Gasteiger partial charge is 0.243 e. The Labute approximate surface area is 176 Å². The van der Waals surface area contributed by atoms with Crippen LogP contribution in [-0.4, -0.2) is 38.9 Å². The third-order valence-electron chi connectivity index (χ3n) is 4.05. The third-order valence-corrected chi connectivity index (χ3v) is 6.56. The molecule has 0 heterocycles. The highest BCUT2D eigenvalue weighted by Crippen LogP contribution is 2.24. The van der Waals surface area contributed by atoms with Crippen LogP contribution in [0.25, 0.3) is 0 Å². The van der Waals surface area contributed by atoms with Crippen molar-refractivity contribution >= 4 is 45.0 Å². The number of sulfonamides is 1. The number of aryl methyl sites for hydroxylation is 1. The fraction of sp³-hybridized carbons (Fsp3) is 0.350. The van der Waals surface area contributed by atoms with Crippen molar-refractivity contribution in [3.8, 4) is 0 Å². The largest absolute Gasteiger partial charge is 0.353 e. The van der Waals surface area contributed by atoms with Gasteiger partial charge in [0.25, 0.3) is 0 Å². The summed E-state index contributed by atoms with van der Waals surface area (Å²) in [4.78, 5) is 12.5. The van der Waals surface area contributed by atoms with E-state index < -0.39 is 16.1 Å². The predicted molar refractivity (Wildman–Crippen MR) is 119 cm³/mol. The van der Waals surface area contributed by atoms with Crippen LogP contribution in [0, 0.1) is 6.92 Å². The summed E-state index contributed by atoms with van der Waals surface area (Å²) >= 11 is 7.69. The molecule has 0 aliphatic heterocycles. The first kappa shape index (κ1) is 22.6. The van der Waals surface area contributed by atoms with Crippen LogP contribution in [0.15, 0.2) is 48.5 Å². The molecule has 0 aromatic heterocycles. The van der Waals surface area contributed by atoms with Crippen LogP contribution in [-0.2, 0) is 20.6 Å². The Hall–Kier alpha value is -1.70. The van der Waals surface area contributed by atoms with E-state index in [0.717, 1.165) is 22.1 Å². The lowest BCUT2D eigenvalue weighted by Gasteiger charge is -2.28. The Bertz CT molecular complexity index is 919. The first-order valence-corrected chi connectivity index (χ1v) is 12.2. The Morgan fingerprint density at radius 3 is 2.57 bits per heavy atom. The molecule has 0 bridgehead atoms. The molecule has 0 radical (unpaired) electrons. The van der Waals surface area contributed by atoms with Crippen molar-refractivity contribution in [2.45, 2.75) is 25.6 Å². The maximum atomic E-state index is 12.5. The maximum absolute atomic E-state index is 12.5. The lowest BCUT2D eigenvalue weighted by atomic mass is 10.2. The summed E-state index contributed by atoms with van der Waals surface area (Å²) in [5.41, 5.74) is 2.84. The van der Waals surface area contributed by atoms with E-state index in [9.17, 15) is 13.2 Å². The summed E-state index contributed by atoms with van der Waals surface area (Å²) in [6.07, 6.45) is 1.08. The number of amides is 1. The van der Waals surface area contributed by atoms with Gasteiger partial charge < -0.3 is 5.32 Å². The summed E-state index contributed by atoms with van der Waals surface area (Å²) in [5, 5.41) is 3.23. The molecule has 0 saturated carbocycles. The topological polar surface area (TPSA) is 66.5 Å². The minimum atomic E-state index is -3.65. The first-order valence-electron chi connectivity index (χ1n) is 8.84. The quantitative estimate of drug-likeness (QED) is 0.601. The molecule has 0 aliphatic carbocycles. The Morgan fingerprint density at radius 2 is 1.93 bits per heavy atom. The molecule has 152 valence electrons. The van der Waals surface area contributed by atoms with E-state index in [4.69, 9.17) is 11.6 Å². The number of nitrogens with one attached hydrogen (secondary N) is 1. The highest BCUT2D eigenvalue weighted by atomic mass is 35.5.